The van der Waals surface area contributed by atoms with Gasteiger partial charge in [0.1, 0.15) is 0 Å². The molecule has 1 saturated heterocycles. The smallest absolute Gasteiger partial charge is 0.362 e. The van der Waals surface area contributed by atoms with Crippen molar-refractivity contribution < 1.29 is 23.5 Å². The highest BCUT2D eigenvalue weighted by Crippen LogP contribution is 2.56. The molecule has 0 aliphatic carbocycles. The van der Waals surface area contributed by atoms with Crippen molar-refractivity contribution in [2.24, 2.45) is 0 Å². The number of hydrogen-bond donors (Lipinski definition) is 2. The highest BCUT2D eigenvalue weighted by atomic mass is 31.2. The molecular formula is C4H8FO4P. The van der Waals surface area contributed by atoms with Crippen molar-refractivity contribution in [3.05, 3.63) is 0 Å². The van der Waals surface area contributed by atoms with Gasteiger partial charge in [0.2, 0.25) is 5.91 Å². The van der Waals surface area contributed by atoms with Crippen LogP contribution in [0.5, 0.6) is 0 Å². The predicted molar refractivity (Wildman–Crippen MR) is 31.3 cm³/mol. The van der Waals surface area contributed by atoms with Gasteiger partial charge in [0.05, 0.1) is 12.7 Å². The topological polar surface area (TPSA) is 66.8 Å². The first kappa shape index (κ1) is 8.14. The summed E-state index contributed by atoms with van der Waals surface area (Å²) in [6.45, 7) is -0.412. The molecule has 1 heterocycles. The maximum atomic E-state index is 12.4. The van der Waals surface area contributed by atoms with Crippen molar-refractivity contribution >= 4 is 7.60 Å². The molecule has 6 heteroatoms. The van der Waals surface area contributed by atoms with E-state index >= 15 is 0 Å². The van der Waals surface area contributed by atoms with Crippen LogP contribution in [0.3, 0.4) is 0 Å². The lowest BCUT2D eigenvalue weighted by atomic mass is 10.3. The van der Waals surface area contributed by atoms with Crippen molar-refractivity contribution in [1.82, 2.24) is 0 Å². The minimum atomic E-state index is -4.03. The average Bonchev–Trinajstić information content (AvgIpc) is 2.08. The Morgan fingerprint density at radius 2 is 2.40 bits per heavy atom. The van der Waals surface area contributed by atoms with Crippen LogP contribution in [0.4, 0.5) is 4.39 Å². The maximum absolute atomic E-state index is 12.4. The van der Waals surface area contributed by atoms with Gasteiger partial charge in [-0.2, -0.15) is 0 Å². The van der Waals surface area contributed by atoms with Gasteiger partial charge >= 0.3 is 7.60 Å². The van der Waals surface area contributed by atoms with Gasteiger partial charge in [0.15, 0.2) is 0 Å². The third-order valence-electron chi connectivity index (χ3n) is 1.32. The molecule has 60 valence electrons. The number of aliphatic hydroxyl groups excluding tert-OH is 1. The SMILES string of the molecule is O=P1(O)O[C@H](CO)CC1F. The minimum absolute atomic E-state index is 0.190. The largest absolute Gasteiger partial charge is 0.394 e. The number of aliphatic hydroxyl groups is 1. The molecule has 2 N–H and O–H groups in total. The van der Waals surface area contributed by atoms with Crippen LogP contribution in [0.15, 0.2) is 0 Å². The Morgan fingerprint density at radius 1 is 1.80 bits per heavy atom. The lowest BCUT2D eigenvalue weighted by Crippen LogP contribution is -2.09. The van der Waals surface area contributed by atoms with Gasteiger partial charge in [-0.15, -0.1) is 0 Å². The first-order chi connectivity index (χ1) is 4.56. The zero-order valence-corrected chi connectivity index (χ0v) is 6.00. The standard InChI is InChI=1S/C4H8FO4P/c5-4-1-3(2-6)9-10(4,7)8/h3-4,6H,1-2H2,(H,7,8)/t3-,4?/m0/s1. The fraction of sp³-hybridized carbons (Fsp3) is 1.00. The summed E-state index contributed by atoms with van der Waals surface area (Å²) >= 11 is 0. The van der Waals surface area contributed by atoms with E-state index in [1.165, 1.54) is 0 Å². The molecule has 1 aliphatic rings. The Labute approximate surface area is 57.2 Å². The number of alkyl halides is 1. The van der Waals surface area contributed by atoms with E-state index in [0.29, 0.717) is 0 Å². The summed E-state index contributed by atoms with van der Waals surface area (Å²) in [5.74, 6) is -1.83. The monoisotopic (exact) mass is 170 g/mol. The molecule has 4 nitrogen and oxygen atoms in total. The number of rotatable bonds is 1. The molecule has 0 bridgehead atoms. The molecule has 0 aromatic carbocycles. The van der Waals surface area contributed by atoms with E-state index in [9.17, 15) is 8.96 Å². The highest BCUT2D eigenvalue weighted by Gasteiger charge is 2.43. The highest BCUT2D eigenvalue weighted by molar-refractivity contribution is 7.53. The van der Waals surface area contributed by atoms with E-state index in [0.717, 1.165) is 0 Å². The molecule has 0 saturated carbocycles. The van der Waals surface area contributed by atoms with Crippen LogP contribution in [0.2, 0.25) is 0 Å². The summed E-state index contributed by atoms with van der Waals surface area (Å²) in [5.41, 5.74) is 0. The molecule has 0 amide bonds. The Bertz CT molecular complexity index is 173. The summed E-state index contributed by atoms with van der Waals surface area (Å²) in [6, 6.07) is 0. The second-order valence-electron chi connectivity index (χ2n) is 2.14. The second-order valence-corrected chi connectivity index (χ2v) is 4.04. The van der Waals surface area contributed by atoms with Gasteiger partial charge in [-0.05, 0) is 0 Å². The van der Waals surface area contributed by atoms with E-state index in [4.69, 9.17) is 10.00 Å². The van der Waals surface area contributed by atoms with Crippen LogP contribution in [0.1, 0.15) is 6.42 Å². The summed E-state index contributed by atoms with van der Waals surface area (Å²) in [5, 5.41) is 8.39. The molecule has 3 atom stereocenters. The summed E-state index contributed by atoms with van der Waals surface area (Å²) < 4.78 is 27.2. The maximum Gasteiger partial charge on any atom is 0.362 e. The normalized spacial score (nSPS) is 47.9. The van der Waals surface area contributed by atoms with Gasteiger partial charge < -0.3 is 14.5 Å². The summed E-state index contributed by atoms with van der Waals surface area (Å²) in [7, 11) is -4.03. The summed E-state index contributed by atoms with van der Waals surface area (Å²) in [6.07, 6.45) is -1.00. The van der Waals surface area contributed by atoms with Crippen molar-refractivity contribution in [1.29, 1.82) is 0 Å². The molecule has 2 unspecified atom stereocenters. The predicted octanol–water partition coefficient (Wildman–Crippen LogP) is 0.249. The Morgan fingerprint density at radius 3 is 2.60 bits per heavy atom. The Kier molecular flexibility index (Phi) is 2.10. The lowest BCUT2D eigenvalue weighted by Gasteiger charge is -2.04. The fourth-order valence-electron chi connectivity index (χ4n) is 0.781. The third kappa shape index (κ3) is 1.37. The summed E-state index contributed by atoms with van der Waals surface area (Å²) in [4.78, 5) is 8.61. The zero-order chi connectivity index (χ0) is 7.78. The van der Waals surface area contributed by atoms with Crippen molar-refractivity contribution in [3.63, 3.8) is 0 Å². The Hall–Kier alpha value is 0.0400. The third-order valence-corrected chi connectivity index (χ3v) is 2.83. The van der Waals surface area contributed by atoms with Crippen LogP contribution in [0.25, 0.3) is 0 Å². The van der Waals surface area contributed by atoms with Gasteiger partial charge in [-0.1, -0.05) is 0 Å². The van der Waals surface area contributed by atoms with Crippen molar-refractivity contribution in [3.8, 4) is 0 Å². The molecular weight excluding hydrogens is 162 g/mol. The van der Waals surface area contributed by atoms with E-state index < -0.39 is 26.2 Å². The van der Waals surface area contributed by atoms with E-state index in [1.54, 1.807) is 0 Å². The first-order valence-electron chi connectivity index (χ1n) is 2.82. The van der Waals surface area contributed by atoms with Gasteiger partial charge in [0.25, 0.3) is 0 Å². The molecule has 1 fully saturated rings. The van der Waals surface area contributed by atoms with Gasteiger partial charge in [-0.3, -0.25) is 4.57 Å². The number of hydrogen-bond acceptors (Lipinski definition) is 3. The molecule has 1 aliphatic heterocycles. The molecule has 10 heavy (non-hydrogen) atoms. The lowest BCUT2D eigenvalue weighted by molar-refractivity contribution is 0.121. The second kappa shape index (κ2) is 2.58. The van der Waals surface area contributed by atoms with E-state index in [2.05, 4.69) is 4.52 Å². The van der Waals surface area contributed by atoms with Crippen LogP contribution < -0.4 is 0 Å². The van der Waals surface area contributed by atoms with Crippen LogP contribution in [-0.2, 0) is 9.09 Å². The van der Waals surface area contributed by atoms with Crippen LogP contribution >= 0.6 is 7.60 Å². The van der Waals surface area contributed by atoms with Gasteiger partial charge in [0, 0.05) is 6.42 Å². The molecule has 0 spiro atoms. The van der Waals surface area contributed by atoms with Crippen molar-refractivity contribution in [2.45, 2.75) is 18.4 Å². The first-order valence-corrected chi connectivity index (χ1v) is 4.46. The van der Waals surface area contributed by atoms with Crippen molar-refractivity contribution in [2.75, 3.05) is 6.61 Å². The van der Waals surface area contributed by atoms with E-state index in [1.807, 2.05) is 0 Å². The molecule has 0 radical (unpaired) electrons. The minimum Gasteiger partial charge on any atom is -0.394 e. The molecule has 1 rings (SSSR count). The molecule has 0 aromatic heterocycles. The average molecular weight is 170 g/mol. The molecule has 0 aromatic rings. The zero-order valence-electron chi connectivity index (χ0n) is 5.11. The van der Waals surface area contributed by atoms with E-state index in [-0.39, 0.29) is 6.42 Å². The van der Waals surface area contributed by atoms with Crippen LogP contribution in [0, 0.1) is 0 Å². The fourth-order valence-corrected chi connectivity index (χ4v) is 1.99. The number of halogens is 1. The van der Waals surface area contributed by atoms with Gasteiger partial charge in [-0.25, -0.2) is 4.39 Å². The quantitative estimate of drug-likeness (QED) is 0.553. The van der Waals surface area contributed by atoms with Crippen LogP contribution in [-0.4, -0.2) is 28.6 Å². The Balaban J connectivity index is 2.62.